The molecule has 0 rings (SSSR count). The number of hydrogen-bond donors (Lipinski definition) is 1. The molecule has 2 nitrogen and oxygen atoms in total. The van der Waals surface area contributed by atoms with Crippen molar-refractivity contribution in [3.8, 4) is 0 Å². The summed E-state index contributed by atoms with van der Waals surface area (Å²) in [7, 11) is 4.39. The minimum Gasteiger partial charge on any atom is -0.315 e. The number of hydrogen-bond acceptors (Lipinski definition) is 2. The van der Waals surface area contributed by atoms with Crippen LogP contribution in [0.25, 0.3) is 0 Å². The number of likely N-dealkylation sites (N-methyl/N-ethyl adjacent to an activating group) is 1. The first-order valence-electron chi connectivity index (χ1n) is 7.95. The Morgan fingerprint density at radius 1 is 0.944 bits per heavy atom. The van der Waals surface area contributed by atoms with E-state index in [2.05, 4.69) is 45.1 Å². The maximum atomic E-state index is 3.62. The highest BCUT2D eigenvalue weighted by molar-refractivity contribution is 4.70. The molecular weight excluding hydrogens is 220 g/mol. The van der Waals surface area contributed by atoms with E-state index in [-0.39, 0.29) is 0 Å². The molecule has 1 atom stereocenters. The van der Waals surface area contributed by atoms with E-state index in [4.69, 9.17) is 0 Å². The highest BCUT2D eigenvalue weighted by Crippen LogP contribution is 2.08. The van der Waals surface area contributed by atoms with E-state index in [0.29, 0.717) is 6.04 Å². The predicted molar refractivity (Wildman–Crippen MR) is 83.2 cm³/mol. The van der Waals surface area contributed by atoms with E-state index in [0.717, 1.165) is 12.5 Å². The van der Waals surface area contributed by atoms with Crippen molar-refractivity contribution in [2.24, 2.45) is 5.92 Å². The van der Waals surface area contributed by atoms with E-state index in [9.17, 15) is 0 Å². The molecule has 0 radical (unpaired) electrons. The molecule has 0 saturated carbocycles. The normalized spacial score (nSPS) is 13.5. The monoisotopic (exact) mass is 256 g/mol. The standard InChI is InChI=1S/C16H36N2/c1-6-7-8-9-10-11-12-17-14-16(18(4)5)13-15(2)3/h15-17H,6-14H2,1-5H3. The molecule has 2 heteroatoms. The molecule has 1 N–H and O–H groups in total. The van der Waals surface area contributed by atoms with E-state index < -0.39 is 0 Å². The largest absolute Gasteiger partial charge is 0.315 e. The smallest absolute Gasteiger partial charge is 0.0216 e. The van der Waals surface area contributed by atoms with Gasteiger partial charge in [-0.3, -0.25) is 0 Å². The van der Waals surface area contributed by atoms with Crippen molar-refractivity contribution in [3.05, 3.63) is 0 Å². The molecular formula is C16H36N2. The molecule has 0 aromatic carbocycles. The molecule has 0 heterocycles. The molecule has 0 saturated heterocycles. The van der Waals surface area contributed by atoms with Gasteiger partial charge in [0.1, 0.15) is 0 Å². The fourth-order valence-corrected chi connectivity index (χ4v) is 2.32. The molecule has 0 fully saturated rings. The highest BCUT2D eigenvalue weighted by Gasteiger charge is 2.12. The zero-order chi connectivity index (χ0) is 13.8. The third-order valence-corrected chi connectivity index (χ3v) is 3.56. The number of unbranched alkanes of at least 4 members (excludes halogenated alkanes) is 5. The lowest BCUT2D eigenvalue weighted by atomic mass is 10.0. The van der Waals surface area contributed by atoms with Crippen molar-refractivity contribution >= 4 is 0 Å². The van der Waals surface area contributed by atoms with Crippen LogP contribution in [-0.2, 0) is 0 Å². The lowest BCUT2D eigenvalue weighted by Crippen LogP contribution is -2.39. The minimum absolute atomic E-state index is 0.685. The Morgan fingerprint density at radius 3 is 2.11 bits per heavy atom. The second kappa shape index (κ2) is 12.0. The average molecular weight is 256 g/mol. The maximum absolute atomic E-state index is 3.62. The molecule has 0 amide bonds. The summed E-state index contributed by atoms with van der Waals surface area (Å²) in [5.41, 5.74) is 0. The van der Waals surface area contributed by atoms with Crippen LogP contribution >= 0.6 is 0 Å². The molecule has 110 valence electrons. The first-order chi connectivity index (χ1) is 8.57. The van der Waals surface area contributed by atoms with E-state index >= 15 is 0 Å². The van der Waals surface area contributed by atoms with Crippen LogP contribution in [0.15, 0.2) is 0 Å². The van der Waals surface area contributed by atoms with E-state index in [1.807, 2.05) is 0 Å². The zero-order valence-electron chi connectivity index (χ0n) is 13.5. The van der Waals surface area contributed by atoms with Crippen LogP contribution in [0.5, 0.6) is 0 Å². The predicted octanol–water partition coefficient (Wildman–Crippen LogP) is 3.91. The van der Waals surface area contributed by atoms with Crippen molar-refractivity contribution in [3.63, 3.8) is 0 Å². The lowest BCUT2D eigenvalue weighted by Gasteiger charge is -2.26. The minimum atomic E-state index is 0.685. The van der Waals surface area contributed by atoms with Gasteiger partial charge in [-0.25, -0.2) is 0 Å². The van der Waals surface area contributed by atoms with Crippen LogP contribution in [0.1, 0.15) is 65.7 Å². The highest BCUT2D eigenvalue weighted by atomic mass is 15.1. The van der Waals surface area contributed by atoms with Crippen molar-refractivity contribution in [2.75, 3.05) is 27.2 Å². The summed E-state index contributed by atoms with van der Waals surface area (Å²) < 4.78 is 0. The fraction of sp³-hybridized carbons (Fsp3) is 1.00. The molecule has 0 aromatic rings. The van der Waals surface area contributed by atoms with Gasteiger partial charge >= 0.3 is 0 Å². The zero-order valence-corrected chi connectivity index (χ0v) is 13.5. The summed E-state index contributed by atoms with van der Waals surface area (Å²) in [4.78, 5) is 2.36. The number of nitrogens with one attached hydrogen (secondary N) is 1. The van der Waals surface area contributed by atoms with Gasteiger partial charge in [0, 0.05) is 12.6 Å². The van der Waals surface area contributed by atoms with Crippen LogP contribution in [-0.4, -0.2) is 38.1 Å². The maximum Gasteiger partial charge on any atom is 0.0216 e. The molecule has 0 aliphatic carbocycles. The summed E-state index contributed by atoms with van der Waals surface area (Å²) in [5.74, 6) is 0.785. The van der Waals surface area contributed by atoms with Crippen molar-refractivity contribution in [1.29, 1.82) is 0 Å². The topological polar surface area (TPSA) is 15.3 Å². The summed E-state index contributed by atoms with van der Waals surface area (Å²) in [6.45, 7) is 9.22. The summed E-state index contributed by atoms with van der Waals surface area (Å²) in [5, 5.41) is 3.62. The Bertz CT molecular complexity index is 166. The Kier molecular flexibility index (Phi) is 11.9. The lowest BCUT2D eigenvalue weighted by molar-refractivity contribution is 0.247. The second-order valence-corrected chi connectivity index (χ2v) is 6.22. The summed E-state index contributed by atoms with van der Waals surface area (Å²) >= 11 is 0. The second-order valence-electron chi connectivity index (χ2n) is 6.22. The van der Waals surface area contributed by atoms with Crippen molar-refractivity contribution in [2.45, 2.75) is 71.8 Å². The molecule has 0 bridgehead atoms. The first-order valence-corrected chi connectivity index (χ1v) is 7.95. The van der Waals surface area contributed by atoms with Gasteiger partial charge in [0.25, 0.3) is 0 Å². The van der Waals surface area contributed by atoms with Crippen LogP contribution < -0.4 is 5.32 Å². The van der Waals surface area contributed by atoms with Gasteiger partial charge in [0.05, 0.1) is 0 Å². The molecule has 0 aliphatic heterocycles. The number of rotatable bonds is 12. The molecule has 0 aliphatic rings. The van der Waals surface area contributed by atoms with Gasteiger partial charge in [-0.15, -0.1) is 0 Å². The molecule has 1 unspecified atom stereocenters. The van der Waals surface area contributed by atoms with Crippen LogP contribution in [0, 0.1) is 5.92 Å². The summed E-state index contributed by atoms with van der Waals surface area (Å²) in [6, 6.07) is 0.685. The Balaban J connectivity index is 3.44. The van der Waals surface area contributed by atoms with E-state index in [1.165, 1.54) is 51.5 Å². The van der Waals surface area contributed by atoms with Crippen LogP contribution in [0.3, 0.4) is 0 Å². The Hall–Kier alpha value is -0.0800. The fourth-order valence-electron chi connectivity index (χ4n) is 2.32. The van der Waals surface area contributed by atoms with Gasteiger partial charge in [-0.1, -0.05) is 52.9 Å². The molecule has 0 aromatic heterocycles. The van der Waals surface area contributed by atoms with Gasteiger partial charge < -0.3 is 10.2 Å². The first kappa shape index (κ1) is 17.9. The third-order valence-electron chi connectivity index (χ3n) is 3.56. The molecule has 0 spiro atoms. The van der Waals surface area contributed by atoms with Gasteiger partial charge in [-0.2, -0.15) is 0 Å². The van der Waals surface area contributed by atoms with Gasteiger partial charge in [0.2, 0.25) is 0 Å². The average Bonchev–Trinajstić information content (AvgIpc) is 2.30. The SMILES string of the molecule is CCCCCCCCNCC(CC(C)C)N(C)C. The quantitative estimate of drug-likeness (QED) is 0.533. The summed E-state index contributed by atoms with van der Waals surface area (Å²) in [6.07, 6.45) is 9.61. The van der Waals surface area contributed by atoms with Gasteiger partial charge in [-0.05, 0) is 39.4 Å². The third kappa shape index (κ3) is 11.0. The number of nitrogens with zero attached hydrogens (tertiary/aromatic N) is 1. The van der Waals surface area contributed by atoms with Gasteiger partial charge in [0.15, 0.2) is 0 Å². The van der Waals surface area contributed by atoms with Crippen molar-refractivity contribution < 1.29 is 0 Å². The van der Waals surface area contributed by atoms with Crippen LogP contribution in [0.2, 0.25) is 0 Å². The Labute approximate surface area is 116 Å². The van der Waals surface area contributed by atoms with Crippen LogP contribution in [0.4, 0.5) is 0 Å². The van der Waals surface area contributed by atoms with E-state index in [1.54, 1.807) is 0 Å². The van der Waals surface area contributed by atoms with Crippen molar-refractivity contribution in [1.82, 2.24) is 10.2 Å². The Morgan fingerprint density at radius 2 is 1.56 bits per heavy atom. The molecule has 18 heavy (non-hydrogen) atoms.